The fourth-order valence-electron chi connectivity index (χ4n) is 13.9. The van der Waals surface area contributed by atoms with Gasteiger partial charge in [-0.2, -0.15) is 0 Å². The number of para-hydroxylation sites is 2. The Hall–Kier alpha value is -5.69. The molecule has 0 aliphatic carbocycles. The minimum atomic E-state index is -3.06. The van der Waals surface area contributed by atoms with Crippen molar-refractivity contribution in [1.29, 1.82) is 0 Å². The van der Waals surface area contributed by atoms with Gasteiger partial charge in [0, 0.05) is 93.1 Å². The molecule has 0 amide bonds. The third-order valence-electron chi connectivity index (χ3n) is 17.3. The predicted molar refractivity (Wildman–Crippen MR) is 388 cm³/mol. The van der Waals surface area contributed by atoms with Gasteiger partial charge in [0.25, 0.3) is 0 Å². The van der Waals surface area contributed by atoms with Crippen LogP contribution in [0.5, 0.6) is 23.0 Å². The van der Waals surface area contributed by atoms with Gasteiger partial charge < -0.3 is 18.3 Å². The van der Waals surface area contributed by atoms with Crippen molar-refractivity contribution in [3.8, 4) is 45.5 Å². The van der Waals surface area contributed by atoms with Gasteiger partial charge in [-0.3, -0.25) is 28.7 Å². The van der Waals surface area contributed by atoms with Crippen molar-refractivity contribution < 1.29 is 42.4 Å². The van der Waals surface area contributed by atoms with Crippen LogP contribution in [-0.2, 0) is 33.0 Å². The van der Waals surface area contributed by atoms with Crippen LogP contribution in [0.4, 0.5) is 0 Å². The smallest absolute Gasteiger partial charge is 2.00 e. The second-order valence-electron chi connectivity index (χ2n) is 23.3. The molecular weight excluding hydrogens is 1700 g/mol. The zero-order chi connectivity index (χ0) is 65.6. The molecule has 8 aromatic carbocycles. The van der Waals surface area contributed by atoms with Gasteiger partial charge in [0.15, 0.2) is 0 Å². The van der Waals surface area contributed by atoms with E-state index >= 15 is 0 Å². The maximum Gasteiger partial charge on any atom is 2.00 e. The summed E-state index contributed by atoms with van der Waals surface area (Å²) in [5.41, 5.74) is 21.6. The Morgan fingerprint density at radius 1 is 0.385 bits per heavy atom. The van der Waals surface area contributed by atoms with E-state index in [0.717, 1.165) is 127 Å². The maximum absolute atomic E-state index is 6.54. The van der Waals surface area contributed by atoms with Crippen LogP contribution >= 0.6 is 37.7 Å². The van der Waals surface area contributed by atoms with E-state index in [0.29, 0.717) is 11.5 Å². The van der Waals surface area contributed by atoms with Crippen LogP contribution in [0.1, 0.15) is 33.4 Å². The topological polar surface area (TPSA) is 113 Å². The second kappa shape index (κ2) is 27.8. The molecule has 96 heavy (non-hydrogen) atoms. The number of rotatable bonds is 6. The Kier molecular flexibility index (Phi) is 19.5. The summed E-state index contributed by atoms with van der Waals surface area (Å²) in [6.45, 7) is 13.0. The summed E-state index contributed by atoms with van der Waals surface area (Å²) >= 11 is -0.556. The van der Waals surface area contributed by atoms with E-state index in [-0.39, 0.29) is 21.1 Å². The Balaban J connectivity index is 0.000000149. The van der Waals surface area contributed by atoms with Gasteiger partial charge in [0.1, 0.15) is 22.8 Å². The molecule has 0 atom stereocenters. The van der Waals surface area contributed by atoms with Crippen LogP contribution in [0.3, 0.4) is 0 Å². The molecular formula is C76H52Cl4K2N10O2Pt2. The Labute approximate surface area is 630 Å². The number of aromatic nitrogens is 10. The van der Waals surface area contributed by atoms with Crippen LogP contribution in [0.25, 0.3) is 132 Å². The van der Waals surface area contributed by atoms with Gasteiger partial charge in [-0.15, -0.1) is 12.1 Å². The monoisotopic (exact) mass is 1740 g/mol. The van der Waals surface area contributed by atoms with E-state index in [9.17, 15) is 0 Å². The molecule has 20 heteroatoms. The molecule has 0 fully saturated rings. The number of fused-ring (bicyclic) bond motifs is 24. The molecule has 0 aliphatic rings. The molecule has 18 rings (SSSR count). The van der Waals surface area contributed by atoms with Crippen LogP contribution in [0, 0.1) is 53.7 Å². The van der Waals surface area contributed by atoms with Gasteiger partial charge in [-0.1, -0.05) is 118 Å². The third-order valence-corrected chi connectivity index (χ3v) is 17.3. The molecule has 468 valence electrons. The van der Waals surface area contributed by atoms with E-state index in [4.69, 9.17) is 57.1 Å². The van der Waals surface area contributed by atoms with E-state index in [1.54, 1.807) is 6.20 Å². The SMILES string of the molecule is Cc1cc(C)c(-c2cnc3c4[c-]c(Oc5[c-]c6c(cc5)c5ncccc5n5ccnc65)ccc4c4ccccc4n23)c(C)c1.Cc1cc(C)c(-c2cnc3c4cc(Oc5ccc6c(c5)c5nccn5c5cccnc65)ccc4c4ccccc4n23)c(C)c1.[Cl][Pt]([Cl])([Cl])[Cl].[K][K].[Pt+2]. The Morgan fingerprint density at radius 3 is 1.38 bits per heavy atom. The minimum Gasteiger partial charge on any atom is 2.00 e. The number of ether oxygens (including phenoxy) is 2. The summed E-state index contributed by atoms with van der Waals surface area (Å²) in [4.78, 5) is 28.6. The average molecular weight is 1750 g/mol. The van der Waals surface area contributed by atoms with Crippen LogP contribution in [0.2, 0.25) is 0 Å². The van der Waals surface area contributed by atoms with Gasteiger partial charge >= 0.3 is 134 Å². The predicted octanol–water partition coefficient (Wildman–Crippen LogP) is 20.3. The van der Waals surface area contributed by atoms with Crippen molar-refractivity contribution >= 4 is 210 Å². The van der Waals surface area contributed by atoms with Crippen LogP contribution in [0.15, 0.2) is 207 Å². The number of pyridine rings is 6. The van der Waals surface area contributed by atoms with Crippen molar-refractivity contribution in [2.75, 3.05) is 0 Å². The van der Waals surface area contributed by atoms with Crippen molar-refractivity contribution in [2.24, 2.45) is 0 Å². The number of aryl methyl sites for hydroxylation is 6. The molecule has 0 aliphatic heterocycles. The number of halogens is 4. The third kappa shape index (κ3) is 12.5. The molecule has 0 unspecified atom stereocenters. The van der Waals surface area contributed by atoms with E-state index in [1.807, 2.05) is 90.2 Å². The minimum absolute atomic E-state index is 0. The summed E-state index contributed by atoms with van der Waals surface area (Å²) in [5, 5.41) is 10.4. The van der Waals surface area contributed by atoms with Crippen LogP contribution in [-0.4, -0.2) is 111 Å². The average Bonchev–Trinajstić information content (AvgIpc) is 1.46. The maximum atomic E-state index is 6.54. The molecule has 10 aromatic heterocycles. The summed E-state index contributed by atoms with van der Waals surface area (Å²) in [5.74, 6) is 2.67. The van der Waals surface area contributed by atoms with Crippen molar-refractivity contribution in [3.05, 3.63) is 253 Å². The normalized spacial score (nSPS) is 11.9. The van der Waals surface area contributed by atoms with Gasteiger partial charge in [-0.25, -0.2) is 9.97 Å². The summed E-state index contributed by atoms with van der Waals surface area (Å²) < 4.78 is 21.7. The first kappa shape index (κ1) is 67.5. The molecule has 12 nitrogen and oxygen atoms in total. The van der Waals surface area contributed by atoms with Crippen LogP contribution < -0.4 is 9.47 Å². The largest absolute Gasteiger partial charge is 2.00 e. The standard InChI is InChI=1S/C38H27N5O.C38H25N5O.4ClH.2K.2Pt/c2*1-22-17-23(2)35(24(3)18-22)34-21-41-38-30-19-25(10-12-27(30)28-7-4-5-8-32(28)43(34)38)44-26-11-13-29-31(20-26)37-40-15-16-42(37)33-9-6-14-39-36(29)33;;;;;;;;/h4-21H,1-3H3;4-18,21H,1-3H3;4*1H;;;;/q;-2;;;;;;;+2;+4/p-4. The molecule has 18 aromatic rings. The van der Waals surface area contributed by atoms with E-state index in [2.05, 4.69) is 202 Å². The summed E-state index contributed by atoms with van der Waals surface area (Å²) in [6, 6.07) is 61.5. The van der Waals surface area contributed by atoms with E-state index in [1.165, 1.54) is 113 Å². The molecule has 0 saturated heterocycles. The second-order valence-corrected chi connectivity index (χ2v) is 43.0. The first-order chi connectivity index (χ1) is 46.1. The van der Waals surface area contributed by atoms with Gasteiger partial charge in [0.05, 0.1) is 56.5 Å². The number of nitrogens with zero attached hydrogens (tertiary/aromatic N) is 10. The molecule has 0 saturated carbocycles. The van der Waals surface area contributed by atoms with E-state index < -0.39 is 11.9 Å². The fraction of sp³-hybridized carbons (Fsp3) is 0.0789. The number of benzene rings is 8. The van der Waals surface area contributed by atoms with Crippen molar-refractivity contribution in [2.45, 2.75) is 41.5 Å². The quantitative estimate of drug-likeness (QED) is 0.0919. The van der Waals surface area contributed by atoms with Gasteiger partial charge in [0.2, 0.25) is 0 Å². The fourth-order valence-corrected chi connectivity index (χ4v) is 13.9. The summed E-state index contributed by atoms with van der Waals surface area (Å²) in [6.07, 6.45) is 15.2. The zero-order valence-corrected chi connectivity index (χ0v) is 66.9. The first-order valence-electron chi connectivity index (χ1n) is 30.9. The molecule has 0 bridgehead atoms. The number of imidazole rings is 4. The Morgan fingerprint density at radius 2 is 0.812 bits per heavy atom. The number of hydrogen-bond acceptors (Lipinski definition) is 8. The van der Waals surface area contributed by atoms with Crippen molar-refractivity contribution in [1.82, 2.24) is 47.5 Å². The molecule has 0 N–H and O–H groups in total. The Bertz CT molecular complexity index is 5730. The molecule has 0 spiro atoms. The first-order valence-corrected chi connectivity index (χ1v) is 58.1. The summed E-state index contributed by atoms with van der Waals surface area (Å²) in [7, 11) is 20.0. The van der Waals surface area contributed by atoms with Gasteiger partial charge in [-0.05, 0) is 147 Å². The van der Waals surface area contributed by atoms with Crippen molar-refractivity contribution in [3.63, 3.8) is 0 Å². The molecule has 10 heterocycles. The zero-order valence-electron chi connectivity index (χ0n) is 53.1. The number of hydrogen-bond donors (Lipinski definition) is 0. The molecule has 0 radical (unpaired) electrons.